The zero-order valence-electron chi connectivity index (χ0n) is 14.3. The number of aryl methyl sites for hydroxylation is 1. The van der Waals surface area contributed by atoms with Gasteiger partial charge in [-0.25, -0.2) is 4.68 Å². The highest BCUT2D eigenvalue weighted by atomic mass is 16.2. The molecule has 6 heteroatoms. The molecule has 0 radical (unpaired) electrons. The number of carbonyl (C=O) groups excluding carboxylic acids is 1. The van der Waals surface area contributed by atoms with Gasteiger partial charge in [0.05, 0.1) is 5.39 Å². The van der Waals surface area contributed by atoms with E-state index >= 15 is 0 Å². The van der Waals surface area contributed by atoms with Crippen LogP contribution in [-0.2, 0) is 7.05 Å². The second-order valence-corrected chi connectivity index (χ2v) is 6.31. The second kappa shape index (κ2) is 6.91. The van der Waals surface area contributed by atoms with Crippen LogP contribution in [0.5, 0.6) is 0 Å². The van der Waals surface area contributed by atoms with Crippen LogP contribution in [0, 0.1) is 5.92 Å². The van der Waals surface area contributed by atoms with Gasteiger partial charge in [0.1, 0.15) is 0 Å². The number of nitrogens with one attached hydrogen (secondary N) is 1. The number of rotatable bonds is 5. The first kappa shape index (κ1) is 17.1. The zero-order chi connectivity index (χ0) is 17.1. The number of hydrogen-bond acceptors (Lipinski definition) is 4. The standard InChI is InChI=1S/C17H24N4O2/c1-11(2)14(20(3)4)10-18-16(22)15-12-8-6-7-9-13(12)17(23)21(5)19-15/h6-9,11,14H,10H2,1-5H3,(H,18,22). The Labute approximate surface area is 136 Å². The van der Waals surface area contributed by atoms with Crippen LogP contribution < -0.4 is 10.9 Å². The Morgan fingerprint density at radius 1 is 1.26 bits per heavy atom. The minimum Gasteiger partial charge on any atom is -0.349 e. The van der Waals surface area contributed by atoms with Crippen molar-refractivity contribution in [2.45, 2.75) is 19.9 Å². The molecule has 0 aliphatic carbocycles. The van der Waals surface area contributed by atoms with Crippen molar-refractivity contribution in [1.29, 1.82) is 0 Å². The number of likely N-dealkylation sites (N-methyl/N-ethyl adjacent to an activating group) is 1. The summed E-state index contributed by atoms with van der Waals surface area (Å²) in [5, 5.41) is 8.17. The molecule has 1 aromatic carbocycles. The SMILES string of the molecule is CC(C)C(CNC(=O)c1nn(C)c(=O)c2ccccc12)N(C)C. The van der Waals surface area contributed by atoms with Crippen molar-refractivity contribution in [1.82, 2.24) is 20.0 Å². The topological polar surface area (TPSA) is 67.2 Å². The lowest BCUT2D eigenvalue weighted by Crippen LogP contribution is -2.43. The summed E-state index contributed by atoms with van der Waals surface area (Å²) in [5.41, 5.74) is 0.0782. The maximum atomic E-state index is 12.6. The number of nitrogens with zero attached hydrogens (tertiary/aromatic N) is 3. The van der Waals surface area contributed by atoms with E-state index in [9.17, 15) is 9.59 Å². The first-order valence-electron chi connectivity index (χ1n) is 7.73. The molecule has 0 saturated heterocycles. The molecule has 0 aliphatic rings. The molecule has 1 amide bonds. The van der Waals surface area contributed by atoms with Crippen LogP contribution in [0.1, 0.15) is 24.3 Å². The fourth-order valence-electron chi connectivity index (χ4n) is 2.76. The third-order valence-corrected chi connectivity index (χ3v) is 4.08. The van der Waals surface area contributed by atoms with E-state index in [4.69, 9.17) is 0 Å². The Hall–Kier alpha value is -2.21. The van der Waals surface area contributed by atoms with Gasteiger partial charge in [0, 0.05) is 25.0 Å². The van der Waals surface area contributed by atoms with E-state index in [1.807, 2.05) is 14.1 Å². The first-order valence-corrected chi connectivity index (χ1v) is 7.73. The minimum absolute atomic E-state index is 0.203. The van der Waals surface area contributed by atoms with Gasteiger partial charge in [-0.1, -0.05) is 32.0 Å². The van der Waals surface area contributed by atoms with Gasteiger partial charge in [-0.3, -0.25) is 9.59 Å². The molecule has 1 N–H and O–H groups in total. The van der Waals surface area contributed by atoms with Crippen molar-refractivity contribution in [3.63, 3.8) is 0 Å². The number of amides is 1. The zero-order valence-corrected chi connectivity index (χ0v) is 14.3. The lowest BCUT2D eigenvalue weighted by atomic mass is 10.0. The fourth-order valence-corrected chi connectivity index (χ4v) is 2.76. The van der Waals surface area contributed by atoms with Gasteiger partial charge in [-0.15, -0.1) is 0 Å². The molecule has 0 saturated carbocycles. The maximum Gasteiger partial charge on any atom is 0.274 e. The lowest BCUT2D eigenvalue weighted by Gasteiger charge is -2.28. The number of benzene rings is 1. The molecule has 2 rings (SSSR count). The average molecular weight is 316 g/mol. The molecule has 1 aromatic heterocycles. The summed E-state index contributed by atoms with van der Waals surface area (Å²) >= 11 is 0. The van der Waals surface area contributed by atoms with E-state index in [-0.39, 0.29) is 23.2 Å². The van der Waals surface area contributed by atoms with Gasteiger partial charge in [0.15, 0.2) is 5.69 Å². The van der Waals surface area contributed by atoms with E-state index in [1.165, 1.54) is 4.68 Å². The molecule has 1 heterocycles. The third kappa shape index (κ3) is 3.59. The molecule has 0 aliphatic heterocycles. The Morgan fingerprint density at radius 3 is 2.43 bits per heavy atom. The largest absolute Gasteiger partial charge is 0.349 e. The summed E-state index contributed by atoms with van der Waals surface area (Å²) in [4.78, 5) is 26.8. The minimum atomic E-state index is -0.260. The third-order valence-electron chi connectivity index (χ3n) is 4.08. The fraction of sp³-hybridized carbons (Fsp3) is 0.471. The molecule has 23 heavy (non-hydrogen) atoms. The van der Waals surface area contributed by atoms with E-state index in [1.54, 1.807) is 31.3 Å². The Morgan fingerprint density at radius 2 is 1.87 bits per heavy atom. The Kier molecular flexibility index (Phi) is 5.15. The van der Waals surface area contributed by atoms with E-state index in [2.05, 4.69) is 29.2 Å². The van der Waals surface area contributed by atoms with Gasteiger partial charge in [0.25, 0.3) is 11.5 Å². The summed E-state index contributed by atoms with van der Waals surface area (Å²) in [7, 11) is 5.55. The molecule has 2 aromatic rings. The molecule has 6 nitrogen and oxygen atoms in total. The monoisotopic (exact) mass is 316 g/mol. The molecule has 0 fully saturated rings. The first-order chi connectivity index (χ1) is 10.8. The summed E-state index contributed by atoms with van der Waals surface area (Å²) < 4.78 is 1.21. The van der Waals surface area contributed by atoms with Gasteiger partial charge < -0.3 is 10.2 Å². The highest BCUT2D eigenvalue weighted by molar-refractivity contribution is 6.04. The van der Waals surface area contributed by atoms with Crippen molar-refractivity contribution < 1.29 is 4.79 Å². The van der Waals surface area contributed by atoms with Crippen molar-refractivity contribution in [3.8, 4) is 0 Å². The van der Waals surface area contributed by atoms with Crippen LogP contribution in [0.3, 0.4) is 0 Å². The van der Waals surface area contributed by atoms with Crippen molar-refractivity contribution in [3.05, 3.63) is 40.3 Å². The summed E-state index contributed by atoms with van der Waals surface area (Å²) in [6.45, 7) is 4.77. The van der Waals surface area contributed by atoms with Crippen LogP contribution in [-0.4, -0.2) is 47.3 Å². The number of hydrogen-bond donors (Lipinski definition) is 1. The van der Waals surface area contributed by atoms with Crippen molar-refractivity contribution in [2.75, 3.05) is 20.6 Å². The summed E-state index contributed by atoms with van der Waals surface area (Å²) in [6.07, 6.45) is 0. The number of carbonyl (C=O) groups is 1. The molecule has 0 spiro atoms. The lowest BCUT2D eigenvalue weighted by molar-refractivity contribution is 0.0929. The highest BCUT2D eigenvalue weighted by Crippen LogP contribution is 2.13. The Bertz CT molecular complexity index is 757. The Balaban J connectivity index is 2.32. The molecule has 0 bridgehead atoms. The molecular formula is C17H24N4O2. The number of fused-ring (bicyclic) bond motifs is 1. The van der Waals surface area contributed by atoms with E-state index in [0.29, 0.717) is 23.2 Å². The van der Waals surface area contributed by atoms with E-state index < -0.39 is 0 Å². The van der Waals surface area contributed by atoms with Gasteiger partial charge in [-0.05, 0) is 26.1 Å². The summed E-state index contributed by atoms with van der Waals surface area (Å²) in [6, 6.07) is 7.29. The molecule has 124 valence electrons. The quantitative estimate of drug-likeness (QED) is 0.901. The molecule has 1 atom stereocenters. The van der Waals surface area contributed by atoms with Crippen LogP contribution in [0.25, 0.3) is 10.8 Å². The van der Waals surface area contributed by atoms with Gasteiger partial charge in [-0.2, -0.15) is 5.10 Å². The van der Waals surface area contributed by atoms with Gasteiger partial charge >= 0.3 is 0 Å². The normalized spacial score (nSPS) is 12.8. The molecular weight excluding hydrogens is 292 g/mol. The van der Waals surface area contributed by atoms with E-state index in [0.717, 1.165) is 0 Å². The van der Waals surface area contributed by atoms with Crippen molar-refractivity contribution >= 4 is 16.7 Å². The predicted molar refractivity (Wildman–Crippen MR) is 91.6 cm³/mol. The highest BCUT2D eigenvalue weighted by Gasteiger charge is 2.19. The molecule has 1 unspecified atom stereocenters. The second-order valence-electron chi connectivity index (χ2n) is 6.31. The maximum absolute atomic E-state index is 12.6. The average Bonchev–Trinajstić information content (AvgIpc) is 2.50. The van der Waals surface area contributed by atoms with Crippen molar-refractivity contribution in [2.24, 2.45) is 13.0 Å². The van der Waals surface area contributed by atoms with Crippen LogP contribution in [0.15, 0.2) is 29.1 Å². The smallest absolute Gasteiger partial charge is 0.274 e. The van der Waals surface area contributed by atoms with Crippen LogP contribution in [0.4, 0.5) is 0 Å². The number of aromatic nitrogens is 2. The van der Waals surface area contributed by atoms with Crippen LogP contribution >= 0.6 is 0 Å². The van der Waals surface area contributed by atoms with Gasteiger partial charge in [0.2, 0.25) is 0 Å². The summed E-state index contributed by atoms with van der Waals surface area (Å²) in [5.74, 6) is 0.152. The van der Waals surface area contributed by atoms with Crippen LogP contribution in [0.2, 0.25) is 0 Å². The predicted octanol–water partition coefficient (Wildman–Crippen LogP) is 1.25.